The third kappa shape index (κ3) is 3.88. The molecule has 0 atom stereocenters. The maximum Gasteiger partial charge on any atom is 0.238 e. The lowest BCUT2D eigenvalue weighted by Gasteiger charge is -2.21. The number of hydrogen-bond acceptors (Lipinski definition) is 6. The van der Waals surface area contributed by atoms with Gasteiger partial charge in [-0.3, -0.25) is 4.57 Å². The van der Waals surface area contributed by atoms with E-state index in [9.17, 15) is 0 Å². The molecule has 7 aromatic carbocycles. The molecular weight excluding hydrogens is 683 g/mol. The van der Waals surface area contributed by atoms with Crippen molar-refractivity contribution >= 4 is 110 Å². The molecule has 0 radical (unpaired) electrons. The van der Waals surface area contributed by atoms with Gasteiger partial charge in [0, 0.05) is 72.2 Å². The Labute approximate surface area is 303 Å². The molecule has 238 valence electrons. The molecule has 0 saturated carbocycles. The molecule has 12 rings (SSSR count). The van der Waals surface area contributed by atoms with Crippen LogP contribution in [0.4, 0.5) is 0 Å². The lowest BCUT2D eigenvalue weighted by atomic mass is 10.00. The van der Waals surface area contributed by atoms with Gasteiger partial charge in [0.2, 0.25) is 11.7 Å². The van der Waals surface area contributed by atoms with Gasteiger partial charge < -0.3 is 4.42 Å². The van der Waals surface area contributed by atoms with E-state index in [-0.39, 0.29) is 0 Å². The first-order valence-electron chi connectivity index (χ1n) is 16.8. The van der Waals surface area contributed by atoms with Gasteiger partial charge in [-0.2, -0.15) is 4.98 Å². The van der Waals surface area contributed by atoms with Crippen LogP contribution in [0.2, 0.25) is 0 Å². The van der Waals surface area contributed by atoms with Gasteiger partial charge in [0.15, 0.2) is 0 Å². The summed E-state index contributed by atoms with van der Waals surface area (Å²) >= 11 is 5.51. The molecule has 0 unspecified atom stereocenters. The molecule has 11 aromatic rings. The first-order chi connectivity index (χ1) is 25.3. The highest BCUT2D eigenvalue weighted by molar-refractivity contribution is 8.05. The second-order valence-electron chi connectivity index (χ2n) is 12.9. The Balaban J connectivity index is 1.25. The van der Waals surface area contributed by atoms with Crippen molar-refractivity contribution in [3.8, 4) is 17.2 Å². The lowest BCUT2D eigenvalue weighted by molar-refractivity contribution is 0.651. The number of furan rings is 1. The first kappa shape index (κ1) is 28.1. The van der Waals surface area contributed by atoms with Crippen LogP contribution >= 0.6 is 34.9 Å². The molecule has 4 aromatic heterocycles. The lowest BCUT2D eigenvalue weighted by Crippen LogP contribution is -2.04. The van der Waals surface area contributed by atoms with E-state index in [4.69, 9.17) is 14.4 Å². The molecule has 0 aliphatic carbocycles. The zero-order valence-electron chi connectivity index (χ0n) is 26.8. The third-order valence-corrected chi connectivity index (χ3v) is 13.9. The highest BCUT2D eigenvalue weighted by atomic mass is 32.2. The molecule has 0 fully saturated rings. The molecule has 5 heterocycles. The summed E-state index contributed by atoms with van der Waals surface area (Å²) in [6.07, 6.45) is 0. The van der Waals surface area contributed by atoms with Crippen molar-refractivity contribution in [1.29, 1.82) is 0 Å². The Bertz CT molecular complexity index is 3280. The molecule has 0 spiro atoms. The normalized spacial score (nSPS) is 12.9. The number of thiophene rings is 1. The van der Waals surface area contributed by atoms with Gasteiger partial charge in [-0.15, -0.1) is 11.3 Å². The summed E-state index contributed by atoms with van der Waals surface area (Å²) in [5.41, 5.74) is 5.52. The Morgan fingerprint density at radius 1 is 0.510 bits per heavy atom. The van der Waals surface area contributed by atoms with Gasteiger partial charge in [-0.25, -0.2) is 4.98 Å². The minimum absolute atomic E-state index is 0.583. The van der Waals surface area contributed by atoms with E-state index in [1.807, 2.05) is 47.0 Å². The van der Waals surface area contributed by atoms with Crippen molar-refractivity contribution in [3.63, 3.8) is 0 Å². The molecule has 7 heteroatoms. The summed E-state index contributed by atoms with van der Waals surface area (Å²) in [5, 5.41) is 9.33. The van der Waals surface area contributed by atoms with Crippen LogP contribution in [0.5, 0.6) is 0 Å². The molecule has 0 saturated heterocycles. The Morgan fingerprint density at radius 3 is 2.08 bits per heavy atom. The van der Waals surface area contributed by atoms with Crippen molar-refractivity contribution < 1.29 is 4.42 Å². The second kappa shape index (κ2) is 10.5. The fraction of sp³-hybridized carbons (Fsp3) is 0. The summed E-state index contributed by atoms with van der Waals surface area (Å²) in [6.45, 7) is 0. The topological polar surface area (TPSA) is 43.9 Å². The van der Waals surface area contributed by atoms with Crippen LogP contribution in [-0.4, -0.2) is 14.5 Å². The van der Waals surface area contributed by atoms with Crippen molar-refractivity contribution in [2.75, 3.05) is 0 Å². The number of rotatable bonds is 2. The summed E-state index contributed by atoms with van der Waals surface area (Å²) in [7, 11) is 0. The molecule has 4 nitrogen and oxygen atoms in total. The number of benzene rings is 7. The summed E-state index contributed by atoms with van der Waals surface area (Å²) in [6, 6.07) is 49.7. The predicted octanol–water partition coefficient (Wildman–Crippen LogP) is 13.3. The minimum Gasteiger partial charge on any atom is -0.437 e. The van der Waals surface area contributed by atoms with E-state index in [0.717, 1.165) is 38.6 Å². The summed E-state index contributed by atoms with van der Waals surface area (Å²) in [5.74, 6) is 0.596. The van der Waals surface area contributed by atoms with Crippen LogP contribution in [0.25, 0.3) is 92.0 Å². The third-order valence-electron chi connectivity index (χ3n) is 10.1. The quantitative estimate of drug-likeness (QED) is 0.179. The van der Waals surface area contributed by atoms with Gasteiger partial charge in [-0.05, 0) is 36.4 Å². The van der Waals surface area contributed by atoms with Gasteiger partial charge >= 0.3 is 0 Å². The predicted molar refractivity (Wildman–Crippen MR) is 214 cm³/mol. The van der Waals surface area contributed by atoms with Gasteiger partial charge in [0.05, 0.1) is 22.1 Å². The molecular formula is C44H23N3OS3. The number of fused-ring (bicyclic) bond motifs is 15. The molecule has 1 aliphatic heterocycles. The van der Waals surface area contributed by atoms with Crippen molar-refractivity contribution in [2.45, 2.75) is 19.6 Å². The molecule has 0 N–H and O–H groups in total. The average molecular weight is 706 g/mol. The van der Waals surface area contributed by atoms with Gasteiger partial charge in [0.25, 0.3) is 0 Å². The maximum absolute atomic E-state index is 6.61. The van der Waals surface area contributed by atoms with Crippen molar-refractivity contribution in [2.24, 2.45) is 0 Å². The highest BCUT2D eigenvalue weighted by Gasteiger charge is 2.27. The van der Waals surface area contributed by atoms with E-state index in [2.05, 4.69) is 132 Å². The van der Waals surface area contributed by atoms with Crippen LogP contribution in [0, 0.1) is 0 Å². The van der Waals surface area contributed by atoms with Crippen LogP contribution in [0.1, 0.15) is 0 Å². The Morgan fingerprint density at radius 2 is 1.20 bits per heavy atom. The van der Waals surface area contributed by atoms with E-state index in [1.54, 1.807) is 0 Å². The van der Waals surface area contributed by atoms with Crippen LogP contribution in [-0.2, 0) is 0 Å². The zero-order valence-corrected chi connectivity index (χ0v) is 29.2. The minimum atomic E-state index is 0.583. The summed E-state index contributed by atoms with van der Waals surface area (Å²) in [4.78, 5) is 15.9. The molecule has 1 aliphatic rings. The standard InChI is InChI=1S/C44H23N3OS3/c1-2-13-25-24(12-1)40-36(37-28-16-5-8-20-32(28)50-42(25)37)26-14-3-6-18-30(26)47(40)44-45-39(38-27-15-4-7-19-31(27)48-43(38)46-44)29-17-11-23-35-41(29)51-34-22-10-9-21-33(34)49-35/h1-23H. The van der Waals surface area contributed by atoms with Gasteiger partial charge in [-0.1, -0.05) is 127 Å². The van der Waals surface area contributed by atoms with Crippen LogP contribution in [0.15, 0.2) is 164 Å². The van der Waals surface area contributed by atoms with Crippen molar-refractivity contribution in [3.05, 3.63) is 140 Å². The van der Waals surface area contributed by atoms with E-state index < -0.39 is 0 Å². The van der Waals surface area contributed by atoms with Gasteiger partial charge in [0.1, 0.15) is 5.58 Å². The fourth-order valence-electron chi connectivity index (χ4n) is 7.97. The SMILES string of the molecule is c1ccc2c(c1)Sc1cccc(-c3nc(-n4c5ccccc5c5c6c7ccccc7sc6c6ccccc6c54)nc4oc5ccccc5c34)c1S2. The highest BCUT2D eigenvalue weighted by Crippen LogP contribution is 2.53. The maximum atomic E-state index is 6.61. The number of para-hydroxylation sites is 2. The fourth-order valence-corrected chi connectivity index (χ4v) is 11.6. The van der Waals surface area contributed by atoms with E-state index in [0.29, 0.717) is 11.7 Å². The Hall–Kier alpha value is -5.60. The average Bonchev–Trinajstić information content (AvgIpc) is 3.86. The van der Waals surface area contributed by atoms with E-state index in [1.165, 1.54) is 61.3 Å². The van der Waals surface area contributed by atoms with Crippen molar-refractivity contribution in [1.82, 2.24) is 14.5 Å². The molecule has 0 bridgehead atoms. The van der Waals surface area contributed by atoms with E-state index >= 15 is 0 Å². The van der Waals surface area contributed by atoms with Crippen LogP contribution in [0.3, 0.4) is 0 Å². The Kier molecular flexibility index (Phi) is 5.77. The second-order valence-corrected chi connectivity index (χ2v) is 16.0. The zero-order chi connectivity index (χ0) is 33.2. The monoisotopic (exact) mass is 705 g/mol. The number of nitrogens with zero attached hydrogens (tertiary/aromatic N) is 3. The summed E-state index contributed by atoms with van der Waals surface area (Å²) < 4.78 is 11.5. The molecule has 0 amide bonds. The van der Waals surface area contributed by atoms with Crippen LogP contribution < -0.4 is 0 Å². The molecule has 51 heavy (non-hydrogen) atoms. The number of hydrogen-bond donors (Lipinski definition) is 0. The first-order valence-corrected chi connectivity index (χ1v) is 19.3. The number of aromatic nitrogens is 3. The smallest absolute Gasteiger partial charge is 0.238 e. The largest absolute Gasteiger partial charge is 0.437 e.